The number of amides is 1. The van der Waals surface area contributed by atoms with E-state index < -0.39 is 17.6 Å². The lowest BCUT2D eigenvalue weighted by Crippen LogP contribution is -2.18. The first-order valence-corrected chi connectivity index (χ1v) is 4.61. The Morgan fingerprint density at radius 1 is 1.44 bits per heavy atom. The van der Waals surface area contributed by atoms with E-state index in [0.29, 0.717) is 0 Å². The molecule has 3 N–H and O–H groups in total. The van der Waals surface area contributed by atoms with Crippen molar-refractivity contribution in [2.75, 3.05) is 11.9 Å². The largest absolute Gasteiger partial charge is 0.418 e. The maximum atomic E-state index is 12.6. The standard InChI is InChI=1S/C10H11F3N2O/c1-2-15-8-6(9(14)16)4-3-5-7(8)10(11,12)13/h3-5,15H,2H2,1H3,(H2,14,16). The molecule has 0 heterocycles. The molecule has 0 bridgehead atoms. The summed E-state index contributed by atoms with van der Waals surface area (Å²) in [4.78, 5) is 11.0. The Morgan fingerprint density at radius 3 is 2.50 bits per heavy atom. The molecule has 1 rings (SSSR count). The van der Waals surface area contributed by atoms with Gasteiger partial charge in [-0.15, -0.1) is 0 Å². The van der Waals surface area contributed by atoms with Crippen LogP contribution in [0.15, 0.2) is 18.2 Å². The molecule has 16 heavy (non-hydrogen) atoms. The quantitative estimate of drug-likeness (QED) is 0.839. The van der Waals surface area contributed by atoms with Gasteiger partial charge in [-0.2, -0.15) is 13.2 Å². The number of anilines is 1. The highest BCUT2D eigenvalue weighted by atomic mass is 19.4. The predicted octanol–water partition coefficient (Wildman–Crippen LogP) is 2.24. The van der Waals surface area contributed by atoms with Gasteiger partial charge in [-0.3, -0.25) is 4.79 Å². The lowest BCUT2D eigenvalue weighted by molar-refractivity contribution is -0.136. The smallest absolute Gasteiger partial charge is 0.384 e. The van der Waals surface area contributed by atoms with Crippen molar-refractivity contribution in [2.24, 2.45) is 5.73 Å². The van der Waals surface area contributed by atoms with Gasteiger partial charge in [-0.05, 0) is 19.1 Å². The number of carbonyl (C=O) groups is 1. The molecule has 0 aliphatic carbocycles. The van der Waals surface area contributed by atoms with Crippen molar-refractivity contribution in [1.82, 2.24) is 0 Å². The monoisotopic (exact) mass is 232 g/mol. The van der Waals surface area contributed by atoms with Crippen LogP contribution in [0, 0.1) is 0 Å². The number of nitrogens with one attached hydrogen (secondary N) is 1. The molecule has 1 amide bonds. The number of alkyl halides is 3. The van der Waals surface area contributed by atoms with Gasteiger partial charge in [0, 0.05) is 6.54 Å². The van der Waals surface area contributed by atoms with E-state index in [1.54, 1.807) is 6.92 Å². The fourth-order valence-corrected chi connectivity index (χ4v) is 1.36. The number of benzene rings is 1. The summed E-state index contributed by atoms with van der Waals surface area (Å²) < 4.78 is 37.9. The zero-order valence-electron chi connectivity index (χ0n) is 8.56. The molecule has 1 aromatic rings. The molecule has 0 unspecified atom stereocenters. The molecule has 0 saturated carbocycles. The first kappa shape index (κ1) is 12.4. The highest BCUT2D eigenvalue weighted by molar-refractivity contribution is 5.99. The molecule has 0 spiro atoms. The van der Waals surface area contributed by atoms with Crippen molar-refractivity contribution in [3.05, 3.63) is 29.3 Å². The predicted molar refractivity (Wildman–Crippen MR) is 54.1 cm³/mol. The molecule has 6 heteroatoms. The van der Waals surface area contributed by atoms with E-state index >= 15 is 0 Å². The topological polar surface area (TPSA) is 55.1 Å². The Morgan fingerprint density at radius 2 is 2.06 bits per heavy atom. The lowest BCUT2D eigenvalue weighted by atomic mass is 10.1. The van der Waals surface area contributed by atoms with Crippen LogP contribution in [-0.2, 0) is 6.18 Å². The van der Waals surface area contributed by atoms with Crippen LogP contribution in [0.25, 0.3) is 0 Å². The number of carbonyl (C=O) groups excluding carboxylic acids is 1. The van der Waals surface area contributed by atoms with Crippen LogP contribution in [0.2, 0.25) is 0 Å². The fourth-order valence-electron chi connectivity index (χ4n) is 1.36. The van der Waals surface area contributed by atoms with Crippen LogP contribution in [0.3, 0.4) is 0 Å². The Hall–Kier alpha value is -1.72. The van der Waals surface area contributed by atoms with E-state index in [-0.39, 0.29) is 17.8 Å². The average Bonchev–Trinajstić information content (AvgIpc) is 2.16. The minimum atomic E-state index is -4.51. The van der Waals surface area contributed by atoms with Crippen molar-refractivity contribution in [2.45, 2.75) is 13.1 Å². The molecular formula is C10H11F3N2O. The number of hydrogen-bond donors (Lipinski definition) is 2. The summed E-state index contributed by atoms with van der Waals surface area (Å²) in [6.07, 6.45) is -4.51. The van der Waals surface area contributed by atoms with Crippen LogP contribution in [0.4, 0.5) is 18.9 Å². The summed E-state index contributed by atoms with van der Waals surface area (Å²) in [5, 5.41) is 2.51. The molecule has 0 aliphatic rings. The van der Waals surface area contributed by atoms with Crippen molar-refractivity contribution in [1.29, 1.82) is 0 Å². The van der Waals surface area contributed by atoms with Gasteiger partial charge in [0.1, 0.15) is 0 Å². The molecule has 0 aromatic heterocycles. The summed E-state index contributed by atoms with van der Waals surface area (Å²) in [7, 11) is 0. The Kier molecular flexibility index (Phi) is 3.41. The zero-order valence-corrected chi connectivity index (χ0v) is 8.56. The van der Waals surface area contributed by atoms with Gasteiger partial charge in [0.05, 0.1) is 16.8 Å². The summed E-state index contributed by atoms with van der Waals surface area (Å²) in [6, 6.07) is 3.32. The third-order valence-corrected chi connectivity index (χ3v) is 1.99. The molecule has 3 nitrogen and oxygen atoms in total. The number of rotatable bonds is 3. The highest BCUT2D eigenvalue weighted by Crippen LogP contribution is 2.36. The third kappa shape index (κ3) is 2.44. The molecule has 0 fully saturated rings. The van der Waals surface area contributed by atoms with Crippen molar-refractivity contribution >= 4 is 11.6 Å². The number of hydrogen-bond acceptors (Lipinski definition) is 2. The zero-order chi connectivity index (χ0) is 12.3. The maximum Gasteiger partial charge on any atom is 0.418 e. The van der Waals surface area contributed by atoms with E-state index in [2.05, 4.69) is 5.32 Å². The summed E-state index contributed by atoms with van der Waals surface area (Å²) in [6.45, 7) is 1.91. The minimum absolute atomic E-state index is 0.156. The number of halogens is 3. The lowest BCUT2D eigenvalue weighted by Gasteiger charge is -2.16. The number of primary amides is 1. The van der Waals surface area contributed by atoms with Gasteiger partial charge in [-0.25, -0.2) is 0 Å². The van der Waals surface area contributed by atoms with Crippen molar-refractivity contribution < 1.29 is 18.0 Å². The van der Waals surface area contributed by atoms with Crippen LogP contribution in [0.5, 0.6) is 0 Å². The SMILES string of the molecule is CCNc1c(C(N)=O)cccc1C(F)(F)F. The summed E-state index contributed by atoms with van der Waals surface area (Å²) in [5.41, 5.74) is 3.71. The van der Waals surface area contributed by atoms with E-state index in [0.717, 1.165) is 12.1 Å². The van der Waals surface area contributed by atoms with E-state index in [4.69, 9.17) is 5.73 Å². The maximum absolute atomic E-state index is 12.6. The minimum Gasteiger partial charge on any atom is -0.384 e. The van der Waals surface area contributed by atoms with E-state index in [1.165, 1.54) is 6.07 Å². The second-order valence-electron chi connectivity index (χ2n) is 3.12. The normalized spacial score (nSPS) is 11.2. The molecule has 0 aliphatic heterocycles. The van der Waals surface area contributed by atoms with Gasteiger partial charge in [-0.1, -0.05) is 6.07 Å². The second-order valence-corrected chi connectivity index (χ2v) is 3.12. The molecule has 0 atom stereocenters. The van der Waals surface area contributed by atoms with Gasteiger partial charge >= 0.3 is 6.18 Å². The molecule has 88 valence electrons. The van der Waals surface area contributed by atoms with Crippen LogP contribution in [-0.4, -0.2) is 12.5 Å². The van der Waals surface area contributed by atoms with Crippen molar-refractivity contribution in [3.8, 4) is 0 Å². The number of nitrogens with two attached hydrogens (primary N) is 1. The van der Waals surface area contributed by atoms with Crippen LogP contribution >= 0.6 is 0 Å². The molecular weight excluding hydrogens is 221 g/mol. The first-order chi connectivity index (χ1) is 7.38. The second kappa shape index (κ2) is 4.42. The molecule has 0 radical (unpaired) electrons. The molecule has 1 aromatic carbocycles. The van der Waals surface area contributed by atoms with Crippen LogP contribution < -0.4 is 11.1 Å². The van der Waals surface area contributed by atoms with E-state index in [1.807, 2.05) is 0 Å². The Balaban J connectivity index is 3.38. The fraction of sp³-hybridized carbons (Fsp3) is 0.300. The van der Waals surface area contributed by atoms with E-state index in [9.17, 15) is 18.0 Å². The Labute approximate surface area is 90.4 Å². The van der Waals surface area contributed by atoms with Gasteiger partial charge in [0.15, 0.2) is 0 Å². The molecule has 0 saturated heterocycles. The Bertz CT molecular complexity index is 402. The van der Waals surface area contributed by atoms with Crippen molar-refractivity contribution in [3.63, 3.8) is 0 Å². The average molecular weight is 232 g/mol. The first-order valence-electron chi connectivity index (χ1n) is 4.61. The third-order valence-electron chi connectivity index (χ3n) is 1.99. The van der Waals surface area contributed by atoms with Gasteiger partial charge in [0.2, 0.25) is 0 Å². The summed E-state index contributed by atoms with van der Waals surface area (Å²) >= 11 is 0. The highest BCUT2D eigenvalue weighted by Gasteiger charge is 2.34. The van der Waals surface area contributed by atoms with Gasteiger partial charge < -0.3 is 11.1 Å². The summed E-state index contributed by atoms with van der Waals surface area (Å²) in [5.74, 6) is -0.887. The number of para-hydroxylation sites is 1. The van der Waals surface area contributed by atoms with Crippen LogP contribution in [0.1, 0.15) is 22.8 Å². The van der Waals surface area contributed by atoms with Gasteiger partial charge in [0.25, 0.3) is 5.91 Å².